The molecule has 0 rings (SSSR count). The van der Waals surface area contributed by atoms with E-state index in [1.807, 2.05) is 0 Å². The van der Waals surface area contributed by atoms with Gasteiger partial charge in [0.1, 0.15) is 6.42 Å². The Balaban J connectivity index is -0.000000245. The number of rotatable bonds is 2. The summed E-state index contributed by atoms with van der Waals surface area (Å²) in [5, 5.41) is 7.91. The van der Waals surface area contributed by atoms with Gasteiger partial charge in [0.05, 0.1) is 7.11 Å². The molecule has 0 aliphatic heterocycles. The average Bonchev–Trinajstić information content (AvgIpc) is 1.65. The van der Waals surface area contributed by atoms with Gasteiger partial charge in [0.2, 0.25) is 0 Å². The first kappa shape index (κ1) is 16.6. The maximum Gasteiger partial charge on any atom is 0.316 e. The number of methoxy groups -OCH3 is 1. The number of esters is 1. The Labute approximate surface area is 84.8 Å². The number of aliphatic carboxylic acids is 1. The molecule has 0 aliphatic rings. The number of ether oxygens (including phenoxy) is 1. The van der Waals surface area contributed by atoms with Crippen molar-refractivity contribution in [3.8, 4) is 0 Å². The van der Waals surface area contributed by atoms with Crippen molar-refractivity contribution < 1.29 is 52.1 Å². The molecule has 1 radical (unpaired) electrons. The summed E-state index contributed by atoms with van der Waals surface area (Å²) in [6, 6.07) is 0. The maximum atomic E-state index is 10.0. The number of carboxylic acids is 1. The van der Waals surface area contributed by atoms with Crippen LogP contribution in [0.4, 0.5) is 0 Å². The smallest absolute Gasteiger partial charge is 0.316 e. The average molecular weight is 222 g/mol. The molecular weight excluding hydrogens is 213 g/mol. The van der Waals surface area contributed by atoms with Crippen LogP contribution in [0.1, 0.15) is 6.42 Å². The summed E-state index contributed by atoms with van der Waals surface area (Å²) in [6.45, 7) is 0. The molecular formula is C5H9O4Y-. The van der Waals surface area contributed by atoms with Crippen molar-refractivity contribution >= 4 is 11.9 Å². The van der Waals surface area contributed by atoms with E-state index in [4.69, 9.17) is 5.11 Å². The molecule has 10 heavy (non-hydrogen) atoms. The number of carbonyl (C=O) groups excluding carboxylic acids is 1. The molecule has 1 N–H and O–H groups in total. The van der Waals surface area contributed by atoms with Gasteiger partial charge < -0.3 is 17.3 Å². The van der Waals surface area contributed by atoms with Crippen LogP contribution in [0.3, 0.4) is 0 Å². The zero-order valence-electron chi connectivity index (χ0n) is 5.96. The van der Waals surface area contributed by atoms with Gasteiger partial charge in [0.15, 0.2) is 0 Å². The maximum absolute atomic E-state index is 10.0. The van der Waals surface area contributed by atoms with Crippen LogP contribution in [0.2, 0.25) is 0 Å². The number of carbonyl (C=O) groups is 2. The first-order chi connectivity index (χ1) is 3.66. The molecule has 57 valence electrons. The van der Waals surface area contributed by atoms with Crippen molar-refractivity contribution in [3.63, 3.8) is 0 Å². The Hall–Kier alpha value is 0.0439. The molecule has 5 heteroatoms. The van der Waals surface area contributed by atoms with E-state index < -0.39 is 18.4 Å². The van der Waals surface area contributed by atoms with E-state index in [-0.39, 0.29) is 40.1 Å². The van der Waals surface area contributed by atoms with Gasteiger partial charge in [-0.15, -0.1) is 0 Å². The Morgan fingerprint density at radius 3 is 2.00 bits per heavy atom. The Morgan fingerprint density at radius 1 is 1.50 bits per heavy atom. The van der Waals surface area contributed by atoms with Crippen LogP contribution in [0.15, 0.2) is 0 Å². The minimum atomic E-state index is -1.17. The quantitative estimate of drug-likeness (QED) is 0.408. The molecule has 0 aromatic heterocycles. The van der Waals surface area contributed by atoms with E-state index in [2.05, 4.69) is 4.74 Å². The Morgan fingerprint density at radius 2 is 1.90 bits per heavy atom. The first-order valence-corrected chi connectivity index (χ1v) is 1.95. The Kier molecular flexibility index (Phi) is 15.0. The van der Waals surface area contributed by atoms with Gasteiger partial charge in [-0.2, -0.15) is 0 Å². The van der Waals surface area contributed by atoms with Gasteiger partial charge in [-0.25, -0.2) is 0 Å². The zero-order chi connectivity index (χ0) is 6.57. The van der Waals surface area contributed by atoms with Crippen molar-refractivity contribution in [2.24, 2.45) is 0 Å². The van der Waals surface area contributed by atoms with Gasteiger partial charge >= 0.3 is 11.9 Å². The van der Waals surface area contributed by atoms with Crippen molar-refractivity contribution in [2.75, 3.05) is 7.11 Å². The second kappa shape index (κ2) is 9.04. The second-order valence-corrected chi connectivity index (χ2v) is 1.15. The van der Waals surface area contributed by atoms with Gasteiger partial charge in [-0.3, -0.25) is 9.59 Å². The third-order valence-corrected chi connectivity index (χ3v) is 0.523. The topological polar surface area (TPSA) is 63.6 Å². The number of carboxylic acid groups (broad SMARTS) is 1. The predicted molar refractivity (Wildman–Crippen MR) is 30.7 cm³/mol. The summed E-state index contributed by atoms with van der Waals surface area (Å²) >= 11 is 0. The molecule has 0 unspecified atom stereocenters. The molecule has 4 nitrogen and oxygen atoms in total. The molecule has 0 aliphatic carbocycles. The van der Waals surface area contributed by atoms with Crippen LogP contribution in [-0.2, 0) is 47.0 Å². The molecule has 0 heterocycles. The van der Waals surface area contributed by atoms with Gasteiger partial charge in [-0.1, -0.05) is 0 Å². The van der Waals surface area contributed by atoms with E-state index in [0.29, 0.717) is 0 Å². The van der Waals surface area contributed by atoms with Gasteiger partial charge in [0.25, 0.3) is 0 Å². The summed E-state index contributed by atoms with van der Waals surface area (Å²) in [4.78, 5) is 19.7. The fraction of sp³-hybridized carbons (Fsp3) is 0.400. The molecule has 0 aromatic rings. The van der Waals surface area contributed by atoms with E-state index in [0.717, 1.165) is 7.11 Å². The minimum Gasteiger partial charge on any atom is -0.481 e. The van der Waals surface area contributed by atoms with Crippen molar-refractivity contribution in [2.45, 2.75) is 6.42 Å². The molecule has 0 fully saturated rings. The molecule has 0 bridgehead atoms. The van der Waals surface area contributed by atoms with E-state index in [1.54, 1.807) is 0 Å². The standard InChI is InChI=1S/C4H6O4.CH3.Y/c1-8-4(7)2-3(5)6;;/h2H2,1H3,(H,5,6);1H3;/q;-1;. The minimum absolute atomic E-state index is 0. The fourth-order valence-electron chi connectivity index (χ4n) is 0.196. The number of hydrogen-bond donors (Lipinski definition) is 1. The fourth-order valence-corrected chi connectivity index (χ4v) is 0.196. The molecule has 0 amide bonds. The zero-order valence-corrected chi connectivity index (χ0v) is 8.79. The third-order valence-electron chi connectivity index (χ3n) is 0.523. The molecule has 0 saturated heterocycles. The van der Waals surface area contributed by atoms with Crippen LogP contribution >= 0.6 is 0 Å². The summed E-state index contributed by atoms with van der Waals surface area (Å²) < 4.78 is 4.04. The first-order valence-electron chi connectivity index (χ1n) is 1.95. The monoisotopic (exact) mass is 222 g/mol. The van der Waals surface area contributed by atoms with Gasteiger partial charge in [0, 0.05) is 32.7 Å². The van der Waals surface area contributed by atoms with Crippen LogP contribution < -0.4 is 0 Å². The molecule has 0 aromatic carbocycles. The van der Waals surface area contributed by atoms with Crippen LogP contribution in [-0.4, -0.2) is 24.2 Å². The Bertz CT molecular complexity index is 112. The predicted octanol–water partition coefficient (Wildman–Crippen LogP) is 0.0819. The van der Waals surface area contributed by atoms with Crippen LogP contribution in [0.5, 0.6) is 0 Å². The summed E-state index contributed by atoms with van der Waals surface area (Å²) in [5.74, 6) is -1.89. The van der Waals surface area contributed by atoms with E-state index in [9.17, 15) is 9.59 Å². The van der Waals surface area contributed by atoms with Crippen molar-refractivity contribution in [1.29, 1.82) is 0 Å². The van der Waals surface area contributed by atoms with Crippen LogP contribution in [0.25, 0.3) is 0 Å². The van der Waals surface area contributed by atoms with Crippen LogP contribution in [0, 0.1) is 7.43 Å². The van der Waals surface area contributed by atoms with Gasteiger partial charge in [-0.05, 0) is 0 Å². The summed E-state index contributed by atoms with van der Waals surface area (Å²) in [6.07, 6.45) is -0.559. The summed E-state index contributed by atoms with van der Waals surface area (Å²) in [7, 11) is 1.14. The third kappa shape index (κ3) is 10.9. The largest absolute Gasteiger partial charge is 0.481 e. The molecule has 0 atom stereocenters. The van der Waals surface area contributed by atoms with E-state index >= 15 is 0 Å². The SMILES string of the molecule is COC(=O)CC(=O)O.[CH3-].[Y]. The van der Waals surface area contributed by atoms with Crippen molar-refractivity contribution in [3.05, 3.63) is 7.43 Å². The van der Waals surface area contributed by atoms with Crippen molar-refractivity contribution in [1.82, 2.24) is 0 Å². The molecule has 0 saturated carbocycles. The number of hydrogen-bond acceptors (Lipinski definition) is 3. The summed E-state index contributed by atoms with van der Waals surface area (Å²) in [5.41, 5.74) is 0. The second-order valence-electron chi connectivity index (χ2n) is 1.15. The molecule has 0 spiro atoms. The van der Waals surface area contributed by atoms with E-state index in [1.165, 1.54) is 0 Å². The normalized spacial score (nSPS) is 6.50.